The third kappa shape index (κ3) is 7.13. The molecule has 0 unspecified atom stereocenters. The first-order valence-electron chi connectivity index (χ1n) is 7.51. The second kappa shape index (κ2) is 9.84. The molecule has 0 saturated heterocycles. The van der Waals surface area contributed by atoms with Gasteiger partial charge in [0.15, 0.2) is 5.96 Å². The largest absolute Gasteiger partial charge is 0.491 e. The molecule has 1 aromatic carbocycles. The number of nitrogens with zero attached hydrogens (tertiary/aromatic N) is 1. The molecule has 22 heavy (non-hydrogen) atoms. The summed E-state index contributed by atoms with van der Waals surface area (Å²) in [5.74, 6) is 1.24. The first kappa shape index (κ1) is 18.0. The van der Waals surface area contributed by atoms with Crippen molar-refractivity contribution in [1.82, 2.24) is 5.32 Å². The molecule has 0 atom stereocenters. The summed E-state index contributed by atoms with van der Waals surface area (Å²) in [6, 6.07) is 6.06. The lowest BCUT2D eigenvalue weighted by atomic mass is 10.1. The van der Waals surface area contributed by atoms with E-state index in [4.69, 9.17) is 15.2 Å². The second-order valence-corrected chi connectivity index (χ2v) is 5.17. The maximum atomic E-state index is 5.83. The zero-order chi connectivity index (χ0) is 16.4. The van der Waals surface area contributed by atoms with Crippen LogP contribution in [0, 0.1) is 6.92 Å². The number of benzene rings is 1. The molecule has 0 amide bonds. The highest BCUT2D eigenvalue weighted by atomic mass is 16.5. The highest BCUT2D eigenvalue weighted by Gasteiger charge is 2.04. The lowest BCUT2D eigenvalue weighted by Crippen LogP contribution is -2.32. The fourth-order valence-corrected chi connectivity index (χ4v) is 1.75. The average Bonchev–Trinajstić information content (AvgIpc) is 2.48. The minimum Gasteiger partial charge on any atom is -0.491 e. The van der Waals surface area contributed by atoms with Gasteiger partial charge < -0.3 is 20.5 Å². The van der Waals surface area contributed by atoms with Gasteiger partial charge in [-0.2, -0.15) is 0 Å². The SMILES string of the molecule is C=C(C)CNC(N)=NCc1ccc(C)cc1OCCOCC. The molecule has 0 heterocycles. The number of hydrogen-bond donors (Lipinski definition) is 2. The van der Waals surface area contributed by atoms with Crippen LogP contribution < -0.4 is 15.8 Å². The molecule has 1 aromatic rings. The van der Waals surface area contributed by atoms with Crippen molar-refractivity contribution in [2.75, 3.05) is 26.4 Å². The molecule has 0 bridgehead atoms. The normalized spacial score (nSPS) is 11.3. The molecule has 0 aromatic heterocycles. The minimum atomic E-state index is 0.406. The van der Waals surface area contributed by atoms with Crippen molar-refractivity contribution in [2.24, 2.45) is 10.7 Å². The number of aryl methyl sites for hydroxylation is 1. The number of aliphatic imine (C=N–C) groups is 1. The van der Waals surface area contributed by atoms with Gasteiger partial charge in [0.05, 0.1) is 13.2 Å². The van der Waals surface area contributed by atoms with Gasteiger partial charge in [0, 0.05) is 18.7 Å². The van der Waals surface area contributed by atoms with Gasteiger partial charge in [0.25, 0.3) is 0 Å². The summed E-state index contributed by atoms with van der Waals surface area (Å²) in [5, 5.41) is 3.01. The van der Waals surface area contributed by atoms with Crippen molar-refractivity contribution in [3.63, 3.8) is 0 Å². The first-order valence-corrected chi connectivity index (χ1v) is 7.51. The Bertz CT molecular complexity index is 513. The van der Waals surface area contributed by atoms with Crippen molar-refractivity contribution in [2.45, 2.75) is 27.3 Å². The Morgan fingerprint density at radius 2 is 2.14 bits per heavy atom. The number of nitrogens with one attached hydrogen (secondary N) is 1. The van der Waals surface area contributed by atoms with Crippen molar-refractivity contribution in [3.8, 4) is 5.75 Å². The van der Waals surface area contributed by atoms with Crippen LogP contribution in [0.3, 0.4) is 0 Å². The molecule has 5 heteroatoms. The van der Waals surface area contributed by atoms with Gasteiger partial charge in [-0.25, -0.2) is 4.99 Å². The molecule has 0 aliphatic carbocycles. The van der Waals surface area contributed by atoms with Crippen molar-refractivity contribution < 1.29 is 9.47 Å². The summed E-state index contributed by atoms with van der Waals surface area (Å²) in [6.45, 7) is 12.6. The number of nitrogens with two attached hydrogens (primary N) is 1. The van der Waals surface area contributed by atoms with Crippen LogP contribution in [0.5, 0.6) is 5.75 Å². The summed E-state index contributed by atoms with van der Waals surface area (Å²) >= 11 is 0. The third-order valence-corrected chi connectivity index (χ3v) is 2.90. The van der Waals surface area contributed by atoms with Crippen molar-refractivity contribution in [1.29, 1.82) is 0 Å². The summed E-state index contributed by atoms with van der Waals surface area (Å²) in [4.78, 5) is 4.33. The van der Waals surface area contributed by atoms with E-state index in [2.05, 4.69) is 16.9 Å². The van der Waals surface area contributed by atoms with Gasteiger partial charge in [-0.3, -0.25) is 0 Å². The Kier molecular flexibility index (Phi) is 8.07. The highest BCUT2D eigenvalue weighted by molar-refractivity contribution is 5.78. The van der Waals surface area contributed by atoms with Gasteiger partial charge in [0.1, 0.15) is 12.4 Å². The number of hydrogen-bond acceptors (Lipinski definition) is 3. The molecule has 5 nitrogen and oxygen atoms in total. The van der Waals surface area contributed by atoms with Crippen molar-refractivity contribution >= 4 is 5.96 Å². The molecule has 0 aliphatic rings. The van der Waals surface area contributed by atoms with Crippen LogP contribution in [0.15, 0.2) is 35.3 Å². The monoisotopic (exact) mass is 305 g/mol. The Morgan fingerprint density at radius 1 is 1.36 bits per heavy atom. The number of ether oxygens (including phenoxy) is 2. The molecule has 0 aliphatic heterocycles. The van der Waals surface area contributed by atoms with E-state index >= 15 is 0 Å². The smallest absolute Gasteiger partial charge is 0.189 e. The number of guanidine groups is 1. The maximum Gasteiger partial charge on any atom is 0.189 e. The molecular formula is C17H27N3O2. The van der Waals surface area contributed by atoms with E-state index in [1.165, 1.54) is 0 Å². The van der Waals surface area contributed by atoms with Gasteiger partial charge in [-0.05, 0) is 32.4 Å². The van der Waals surface area contributed by atoms with E-state index in [1.807, 2.05) is 39.0 Å². The van der Waals surface area contributed by atoms with Gasteiger partial charge in [-0.15, -0.1) is 0 Å². The Morgan fingerprint density at radius 3 is 2.82 bits per heavy atom. The van der Waals surface area contributed by atoms with E-state index in [0.29, 0.717) is 38.9 Å². The van der Waals surface area contributed by atoms with E-state index in [9.17, 15) is 0 Å². The quantitative estimate of drug-likeness (QED) is 0.318. The predicted octanol–water partition coefficient (Wildman–Crippen LogP) is 2.39. The van der Waals surface area contributed by atoms with E-state index in [0.717, 1.165) is 22.4 Å². The maximum absolute atomic E-state index is 5.83. The van der Waals surface area contributed by atoms with E-state index in [-0.39, 0.29) is 0 Å². The summed E-state index contributed by atoms with van der Waals surface area (Å²) < 4.78 is 11.1. The lowest BCUT2D eigenvalue weighted by Gasteiger charge is -2.12. The Balaban J connectivity index is 2.64. The molecule has 0 fully saturated rings. The topological polar surface area (TPSA) is 68.9 Å². The zero-order valence-electron chi connectivity index (χ0n) is 13.8. The molecule has 0 spiro atoms. The molecule has 122 valence electrons. The molecule has 1 rings (SSSR count). The first-order chi connectivity index (χ1) is 10.5. The highest BCUT2D eigenvalue weighted by Crippen LogP contribution is 2.21. The minimum absolute atomic E-state index is 0.406. The zero-order valence-corrected chi connectivity index (χ0v) is 13.8. The molecule has 0 saturated carbocycles. The average molecular weight is 305 g/mol. The van der Waals surface area contributed by atoms with Crippen LogP contribution >= 0.6 is 0 Å². The van der Waals surface area contributed by atoms with E-state index in [1.54, 1.807) is 0 Å². The summed E-state index contributed by atoms with van der Waals surface area (Å²) in [5.41, 5.74) is 8.98. The van der Waals surface area contributed by atoms with Crippen LogP contribution in [0.25, 0.3) is 0 Å². The molecule has 3 N–H and O–H groups in total. The fourth-order valence-electron chi connectivity index (χ4n) is 1.75. The van der Waals surface area contributed by atoms with Crippen LogP contribution in [0.4, 0.5) is 0 Å². The van der Waals surface area contributed by atoms with Crippen LogP contribution in [-0.2, 0) is 11.3 Å². The molecular weight excluding hydrogens is 278 g/mol. The second-order valence-electron chi connectivity index (χ2n) is 5.17. The van der Waals surface area contributed by atoms with Crippen LogP contribution in [-0.4, -0.2) is 32.3 Å². The standard InChI is InChI=1S/C17H27N3O2/c1-5-21-8-9-22-16-10-14(4)6-7-15(16)12-20-17(18)19-11-13(2)3/h6-7,10H,2,5,8-9,11-12H2,1,3-4H3,(H3,18,19,20). The summed E-state index contributed by atoms with van der Waals surface area (Å²) in [6.07, 6.45) is 0. The Labute approximate surface area is 133 Å². The van der Waals surface area contributed by atoms with Gasteiger partial charge in [-0.1, -0.05) is 24.3 Å². The van der Waals surface area contributed by atoms with Crippen LogP contribution in [0.1, 0.15) is 25.0 Å². The summed E-state index contributed by atoms with van der Waals surface area (Å²) in [7, 11) is 0. The van der Waals surface area contributed by atoms with Gasteiger partial charge in [0.2, 0.25) is 0 Å². The molecule has 0 radical (unpaired) electrons. The van der Waals surface area contributed by atoms with Crippen LogP contribution in [0.2, 0.25) is 0 Å². The predicted molar refractivity (Wildman–Crippen MR) is 91.3 cm³/mol. The van der Waals surface area contributed by atoms with Gasteiger partial charge >= 0.3 is 0 Å². The van der Waals surface area contributed by atoms with E-state index < -0.39 is 0 Å². The Hall–Kier alpha value is -2.01. The van der Waals surface area contributed by atoms with Crippen molar-refractivity contribution in [3.05, 3.63) is 41.5 Å². The third-order valence-electron chi connectivity index (χ3n) is 2.90. The fraction of sp³-hybridized carbons (Fsp3) is 0.471. The lowest BCUT2D eigenvalue weighted by molar-refractivity contribution is 0.110. The number of rotatable bonds is 9.